The van der Waals surface area contributed by atoms with Crippen LogP contribution in [0.1, 0.15) is 61.9 Å². The summed E-state index contributed by atoms with van der Waals surface area (Å²) in [6, 6.07) is 15.6. The summed E-state index contributed by atoms with van der Waals surface area (Å²) >= 11 is 0. The highest BCUT2D eigenvalue weighted by Crippen LogP contribution is 2.32. The maximum absolute atomic E-state index is 13.4. The highest BCUT2D eigenvalue weighted by Gasteiger charge is 2.31. The molecular formula is C29H38N4O3. The normalized spacial score (nSPS) is 16.4. The Hall–Kier alpha value is -3.35. The van der Waals surface area contributed by atoms with Crippen LogP contribution in [-0.2, 0) is 9.59 Å². The van der Waals surface area contributed by atoms with Gasteiger partial charge in [-0.2, -0.15) is 0 Å². The van der Waals surface area contributed by atoms with E-state index in [9.17, 15) is 14.4 Å². The predicted molar refractivity (Wildman–Crippen MR) is 143 cm³/mol. The average Bonchev–Trinajstić information content (AvgIpc) is 3.76. The minimum absolute atomic E-state index is 0.0278. The van der Waals surface area contributed by atoms with E-state index in [2.05, 4.69) is 17.1 Å². The van der Waals surface area contributed by atoms with Crippen molar-refractivity contribution >= 4 is 29.1 Å². The van der Waals surface area contributed by atoms with E-state index < -0.39 is 0 Å². The number of hydrogen-bond donors (Lipinski definition) is 1. The van der Waals surface area contributed by atoms with E-state index in [0.29, 0.717) is 50.5 Å². The molecule has 1 heterocycles. The van der Waals surface area contributed by atoms with Crippen molar-refractivity contribution in [1.29, 1.82) is 0 Å². The molecule has 3 amide bonds. The minimum atomic E-state index is -0.132. The molecule has 1 N–H and O–H groups in total. The van der Waals surface area contributed by atoms with Gasteiger partial charge >= 0.3 is 0 Å². The van der Waals surface area contributed by atoms with Crippen molar-refractivity contribution < 1.29 is 14.4 Å². The van der Waals surface area contributed by atoms with Crippen molar-refractivity contribution in [3.05, 3.63) is 59.7 Å². The molecule has 0 bridgehead atoms. The molecule has 2 aliphatic rings. The quantitative estimate of drug-likeness (QED) is 0.567. The molecule has 1 aliphatic heterocycles. The van der Waals surface area contributed by atoms with E-state index in [1.807, 2.05) is 67.3 Å². The molecule has 2 aromatic rings. The third-order valence-corrected chi connectivity index (χ3v) is 7.33. The highest BCUT2D eigenvalue weighted by molar-refractivity contribution is 6.02. The monoisotopic (exact) mass is 490 g/mol. The number of nitrogens with zero attached hydrogens (tertiary/aromatic N) is 3. The number of hydrogen-bond acceptors (Lipinski definition) is 4. The Morgan fingerprint density at radius 3 is 2.19 bits per heavy atom. The fourth-order valence-electron chi connectivity index (χ4n) is 4.96. The van der Waals surface area contributed by atoms with Gasteiger partial charge in [0.2, 0.25) is 11.8 Å². The van der Waals surface area contributed by atoms with Crippen LogP contribution in [0.15, 0.2) is 48.5 Å². The summed E-state index contributed by atoms with van der Waals surface area (Å²) in [5, 5.41) is 2.98. The molecule has 192 valence electrons. The summed E-state index contributed by atoms with van der Waals surface area (Å²) in [6.07, 6.45) is 2.63. The molecule has 4 rings (SSSR count). The van der Waals surface area contributed by atoms with Crippen molar-refractivity contribution in [3.8, 4) is 0 Å². The van der Waals surface area contributed by atoms with E-state index in [1.54, 1.807) is 4.90 Å². The topological polar surface area (TPSA) is 73.0 Å². The van der Waals surface area contributed by atoms with Crippen molar-refractivity contribution in [2.75, 3.05) is 49.5 Å². The summed E-state index contributed by atoms with van der Waals surface area (Å²) in [5.41, 5.74) is 3.18. The first-order valence-electron chi connectivity index (χ1n) is 13.3. The van der Waals surface area contributed by atoms with Crippen LogP contribution in [0.2, 0.25) is 0 Å². The van der Waals surface area contributed by atoms with Crippen LogP contribution >= 0.6 is 0 Å². The largest absolute Gasteiger partial charge is 0.367 e. The zero-order valence-corrected chi connectivity index (χ0v) is 21.7. The summed E-state index contributed by atoms with van der Waals surface area (Å²) in [5.74, 6) is 0.124. The minimum Gasteiger partial charge on any atom is -0.367 e. The molecule has 0 spiro atoms. The first-order valence-corrected chi connectivity index (χ1v) is 13.3. The lowest BCUT2D eigenvalue weighted by atomic mass is 9.94. The summed E-state index contributed by atoms with van der Waals surface area (Å²) in [4.78, 5) is 45.0. The third-order valence-electron chi connectivity index (χ3n) is 7.33. The second-order valence-corrected chi connectivity index (χ2v) is 9.66. The molecule has 2 fully saturated rings. The fourth-order valence-corrected chi connectivity index (χ4v) is 4.96. The van der Waals surface area contributed by atoms with Crippen molar-refractivity contribution in [3.63, 3.8) is 0 Å². The third kappa shape index (κ3) is 5.72. The van der Waals surface area contributed by atoms with Gasteiger partial charge in [0.05, 0.1) is 11.5 Å². The Balaban J connectivity index is 1.50. The predicted octanol–water partition coefficient (Wildman–Crippen LogP) is 4.36. The maximum atomic E-state index is 13.4. The molecule has 1 saturated heterocycles. The van der Waals surface area contributed by atoms with Gasteiger partial charge in [0.1, 0.15) is 0 Å². The molecule has 1 saturated carbocycles. The summed E-state index contributed by atoms with van der Waals surface area (Å²) in [7, 11) is 0. The SMILES string of the molecule is CCC(C(=O)N1CCN(c2ccc(NC(=O)C3CC3)cc2C(=O)N(CC)CC)CC1)c1ccccc1. The van der Waals surface area contributed by atoms with Crippen LogP contribution in [-0.4, -0.2) is 66.8 Å². The average molecular weight is 491 g/mol. The smallest absolute Gasteiger partial charge is 0.256 e. The second kappa shape index (κ2) is 11.6. The summed E-state index contributed by atoms with van der Waals surface area (Å²) < 4.78 is 0. The molecule has 2 aromatic carbocycles. The van der Waals surface area contributed by atoms with Crippen molar-refractivity contribution in [2.45, 2.75) is 46.0 Å². The van der Waals surface area contributed by atoms with Gasteiger partial charge in [-0.3, -0.25) is 14.4 Å². The number of carbonyl (C=O) groups excluding carboxylic acids is 3. The van der Waals surface area contributed by atoms with Crippen LogP contribution in [0.5, 0.6) is 0 Å². The number of nitrogens with one attached hydrogen (secondary N) is 1. The van der Waals surface area contributed by atoms with E-state index in [1.165, 1.54) is 0 Å². The van der Waals surface area contributed by atoms with Gasteiger partial charge in [-0.05, 0) is 56.9 Å². The molecule has 0 radical (unpaired) electrons. The Bertz CT molecular complexity index is 1070. The van der Waals surface area contributed by atoms with Crippen LogP contribution in [0.25, 0.3) is 0 Å². The number of rotatable bonds is 9. The Morgan fingerprint density at radius 2 is 1.61 bits per heavy atom. The van der Waals surface area contributed by atoms with Gasteiger partial charge in [0.25, 0.3) is 5.91 Å². The van der Waals surface area contributed by atoms with Crippen molar-refractivity contribution in [2.24, 2.45) is 5.92 Å². The summed E-state index contributed by atoms with van der Waals surface area (Å²) in [6.45, 7) is 9.78. The van der Waals surface area contributed by atoms with Gasteiger partial charge in [-0.25, -0.2) is 0 Å². The molecule has 0 aromatic heterocycles. The van der Waals surface area contributed by atoms with Crippen molar-refractivity contribution in [1.82, 2.24) is 9.80 Å². The number of anilines is 2. The van der Waals surface area contributed by atoms with E-state index >= 15 is 0 Å². The van der Waals surface area contributed by atoms with Crippen LogP contribution in [0, 0.1) is 5.92 Å². The zero-order chi connectivity index (χ0) is 25.7. The number of benzene rings is 2. The second-order valence-electron chi connectivity index (χ2n) is 9.66. The molecule has 1 aliphatic carbocycles. The first kappa shape index (κ1) is 25.7. The van der Waals surface area contributed by atoms with E-state index in [4.69, 9.17) is 0 Å². The van der Waals surface area contributed by atoms with Gasteiger partial charge in [-0.15, -0.1) is 0 Å². The Morgan fingerprint density at radius 1 is 0.944 bits per heavy atom. The lowest BCUT2D eigenvalue weighted by Gasteiger charge is -2.38. The van der Waals surface area contributed by atoms with Gasteiger partial charge < -0.3 is 20.0 Å². The Labute approximate surface area is 214 Å². The molecule has 7 nitrogen and oxygen atoms in total. The zero-order valence-electron chi connectivity index (χ0n) is 21.7. The van der Waals surface area contributed by atoms with E-state index in [0.717, 1.165) is 30.5 Å². The fraction of sp³-hybridized carbons (Fsp3) is 0.483. The lowest BCUT2D eigenvalue weighted by Crippen LogP contribution is -2.50. The maximum Gasteiger partial charge on any atom is 0.256 e. The van der Waals surface area contributed by atoms with E-state index in [-0.39, 0.29) is 29.6 Å². The van der Waals surface area contributed by atoms with Crippen LogP contribution in [0.4, 0.5) is 11.4 Å². The Kier molecular flexibility index (Phi) is 8.28. The molecule has 36 heavy (non-hydrogen) atoms. The molecule has 7 heteroatoms. The number of piperazine rings is 1. The first-order chi connectivity index (χ1) is 17.5. The number of amides is 3. The van der Waals surface area contributed by atoms with Gasteiger partial charge in [0, 0.05) is 56.6 Å². The molecule has 1 atom stereocenters. The van der Waals surface area contributed by atoms with Crippen LogP contribution in [0.3, 0.4) is 0 Å². The van der Waals surface area contributed by atoms with Gasteiger partial charge in [-0.1, -0.05) is 37.3 Å². The highest BCUT2D eigenvalue weighted by atomic mass is 16.2. The standard InChI is InChI=1S/C29H38N4O3/c1-4-24(21-10-8-7-9-11-21)28(35)33-18-16-32(17-19-33)26-15-14-23(30-27(34)22-12-13-22)20-25(26)29(36)31(5-2)6-3/h7-11,14-15,20,22,24H,4-6,12-13,16-19H2,1-3H3,(H,30,34). The van der Waals surface area contributed by atoms with Crippen LogP contribution < -0.4 is 10.2 Å². The molecular weight excluding hydrogens is 452 g/mol. The number of carbonyl (C=O) groups is 3. The lowest BCUT2D eigenvalue weighted by molar-refractivity contribution is -0.133. The molecule has 1 unspecified atom stereocenters. The van der Waals surface area contributed by atoms with Gasteiger partial charge in [0.15, 0.2) is 0 Å².